The van der Waals surface area contributed by atoms with Crippen LogP contribution in [0.3, 0.4) is 0 Å². The molecule has 33 heavy (non-hydrogen) atoms. The van der Waals surface area contributed by atoms with Gasteiger partial charge in [-0.15, -0.1) is 0 Å². The number of fused-ring (bicyclic) bond motifs is 1. The summed E-state index contributed by atoms with van der Waals surface area (Å²) in [6.45, 7) is 5.40. The Balaban J connectivity index is 1.71. The van der Waals surface area contributed by atoms with Crippen molar-refractivity contribution in [2.45, 2.75) is 26.3 Å². The number of carbonyl (C=O) groups is 2. The highest BCUT2D eigenvalue weighted by Gasteiger charge is 2.29. The number of benzene rings is 2. The Bertz CT molecular complexity index is 1230. The molecule has 0 radical (unpaired) electrons. The summed E-state index contributed by atoms with van der Waals surface area (Å²) in [6, 6.07) is 8.19. The van der Waals surface area contributed by atoms with E-state index in [4.69, 9.17) is 51.4 Å². The van der Waals surface area contributed by atoms with E-state index in [1.165, 1.54) is 0 Å². The number of amides is 2. The number of aromatic nitrogens is 2. The van der Waals surface area contributed by atoms with Gasteiger partial charge in [0, 0.05) is 49.6 Å². The van der Waals surface area contributed by atoms with Crippen molar-refractivity contribution >= 4 is 69.3 Å². The van der Waals surface area contributed by atoms with E-state index in [-0.39, 0.29) is 11.8 Å². The summed E-state index contributed by atoms with van der Waals surface area (Å²) in [7, 11) is 0. The summed E-state index contributed by atoms with van der Waals surface area (Å²) in [5.74, 6) is 0.632. The van der Waals surface area contributed by atoms with Crippen LogP contribution in [-0.2, 0) is 16.0 Å². The molecular weight excluding hydrogens is 506 g/mol. The standard InChI is InChI=1S/C23H22Cl4N4O2/c1-13(23(33)30-7-5-29(6-8-30)14(2)32)31-21-12-19(27)18(26)11-20(21)28-22(31)9-15-3-4-16(24)10-17(15)25/h3-4,10-13H,5-9H2,1-2H3/t13-/m1/s1. The number of rotatable bonds is 4. The molecule has 0 spiro atoms. The first-order valence-corrected chi connectivity index (χ1v) is 12.0. The smallest absolute Gasteiger partial charge is 0.245 e. The van der Waals surface area contributed by atoms with E-state index in [1.807, 2.05) is 17.6 Å². The first-order valence-electron chi connectivity index (χ1n) is 10.5. The summed E-state index contributed by atoms with van der Waals surface area (Å²) in [5.41, 5.74) is 2.20. The Morgan fingerprint density at radius 3 is 2.21 bits per heavy atom. The van der Waals surface area contributed by atoms with E-state index < -0.39 is 6.04 Å². The van der Waals surface area contributed by atoms with Gasteiger partial charge in [-0.2, -0.15) is 0 Å². The van der Waals surface area contributed by atoms with Crippen LogP contribution < -0.4 is 0 Å². The van der Waals surface area contributed by atoms with Gasteiger partial charge in [0.1, 0.15) is 11.9 Å². The molecular formula is C23H22Cl4N4O2. The van der Waals surface area contributed by atoms with Crippen LogP contribution in [0.1, 0.15) is 31.3 Å². The van der Waals surface area contributed by atoms with Gasteiger partial charge in [0.25, 0.3) is 0 Å². The molecule has 2 aromatic carbocycles. The van der Waals surface area contributed by atoms with Crippen LogP contribution in [0.2, 0.25) is 20.1 Å². The number of nitrogens with zero attached hydrogens (tertiary/aromatic N) is 4. The maximum Gasteiger partial charge on any atom is 0.245 e. The summed E-state index contributed by atoms with van der Waals surface area (Å²) < 4.78 is 1.89. The molecule has 6 nitrogen and oxygen atoms in total. The minimum atomic E-state index is -0.544. The maximum absolute atomic E-state index is 13.5. The molecule has 10 heteroatoms. The van der Waals surface area contributed by atoms with Crippen LogP contribution >= 0.6 is 46.4 Å². The van der Waals surface area contributed by atoms with E-state index in [2.05, 4.69) is 0 Å². The number of hydrogen-bond acceptors (Lipinski definition) is 3. The second kappa shape index (κ2) is 9.71. The molecule has 1 fully saturated rings. The van der Waals surface area contributed by atoms with Gasteiger partial charge in [0.15, 0.2) is 0 Å². The van der Waals surface area contributed by atoms with Crippen molar-refractivity contribution in [1.82, 2.24) is 19.4 Å². The van der Waals surface area contributed by atoms with Gasteiger partial charge in [-0.05, 0) is 36.8 Å². The molecule has 0 unspecified atom stereocenters. The molecule has 1 atom stereocenters. The van der Waals surface area contributed by atoms with Gasteiger partial charge in [0.05, 0.1) is 21.1 Å². The van der Waals surface area contributed by atoms with Gasteiger partial charge >= 0.3 is 0 Å². The number of hydrogen-bond donors (Lipinski definition) is 0. The summed E-state index contributed by atoms with van der Waals surface area (Å²) in [6.07, 6.45) is 0.398. The summed E-state index contributed by atoms with van der Waals surface area (Å²) >= 11 is 25.0. The number of piperazine rings is 1. The molecule has 1 aromatic heterocycles. The van der Waals surface area contributed by atoms with E-state index in [0.29, 0.717) is 69.5 Å². The molecule has 1 aliphatic heterocycles. The van der Waals surface area contributed by atoms with E-state index in [1.54, 1.807) is 41.0 Å². The van der Waals surface area contributed by atoms with E-state index in [0.717, 1.165) is 5.56 Å². The van der Waals surface area contributed by atoms with Crippen LogP contribution in [0.15, 0.2) is 30.3 Å². The van der Waals surface area contributed by atoms with Gasteiger partial charge in [0.2, 0.25) is 11.8 Å². The number of imidazole rings is 1. The average molecular weight is 528 g/mol. The lowest BCUT2D eigenvalue weighted by Gasteiger charge is -2.36. The topological polar surface area (TPSA) is 58.4 Å². The zero-order valence-corrected chi connectivity index (χ0v) is 21.1. The molecule has 1 saturated heterocycles. The fourth-order valence-corrected chi connectivity index (χ4v) is 4.94. The lowest BCUT2D eigenvalue weighted by molar-refractivity contribution is -0.140. The molecule has 0 aliphatic carbocycles. The third kappa shape index (κ3) is 4.94. The molecule has 3 aromatic rings. The van der Waals surface area contributed by atoms with Crippen molar-refractivity contribution in [3.63, 3.8) is 0 Å². The Morgan fingerprint density at radius 1 is 0.939 bits per heavy atom. The van der Waals surface area contributed by atoms with E-state index >= 15 is 0 Å². The number of carbonyl (C=O) groups excluding carboxylic acids is 2. The predicted octanol–water partition coefficient (Wildman–Crippen LogP) is 5.49. The normalized spacial score (nSPS) is 15.2. The highest BCUT2D eigenvalue weighted by Crippen LogP contribution is 2.32. The summed E-state index contributed by atoms with van der Waals surface area (Å²) in [4.78, 5) is 33.4. The molecule has 1 aliphatic rings. The monoisotopic (exact) mass is 526 g/mol. The third-order valence-corrected chi connectivity index (χ3v) is 7.26. The van der Waals surface area contributed by atoms with Crippen molar-refractivity contribution in [3.8, 4) is 0 Å². The largest absolute Gasteiger partial charge is 0.339 e. The quantitative estimate of drug-likeness (QED) is 0.450. The fraction of sp³-hybridized carbons (Fsp3) is 0.348. The van der Waals surface area contributed by atoms with Crippen molar-refractivity contribution in [2.75, 3.05) is 26.2 Å². The van der Waals surface area contributed by atoms with Gasteiger partial charge in [-0.25, -0.2) is 4.98 Å². The minimum Gasteiger partial charge on any atom is -0.339 e. The first-order chi connectivity index (χ1) is 15.7. The Hall–Kier alpha value is -1.99. The highest BCUT2D eigenvalue weighted by molar-refractivity contribution is 6.42. The number of halogens is 4. The maximum atomic E-state index is 13.5. The summed E-state index contributed by atoms with van der Waals surface area (Å²) in [5, 5.41) is 1.85. The Labute approximate surface area is 212 Å². The van der Waals surface area contributed by atoms with Gasteiger partial charge in [-0.1, -0.05) is 52.5 Å². The predicted molar refractivity (Wildman–Crippen MR) is 133 cm³/mol. The van der Waals surface area contributed by atoms with Gasteiger partial charge in [-0.3, -0.25) is 9.59 Å². The zero-order valence-electron chi connectivity index (χ0n) is 18.1. The SMILES string of the molecule is CC(=O)N1CCN(C(=O)[C@@H](C)n2c(Cc3ccc(Cl)cc3Cl)nc3cc(Cl)c(Cl)cc32)CC1. The van der Waals surface area contributed by atoms with Crippen LogP contribution in [0.4, 0.5) is 0 Å². The van der Waals surface area contributed by atoms with Crippen molar-refractivity contribution in [3.05, 3.63) is 61.8 Å². The van der Waals surface area contributed by atoms with E-state index in [9.17, 15) is 9.59 Å². The van der Waals surface area contributed by atoms with Gasteiger partial charge < -0.3 is 14.4 Å². The van der Waals surface area contributed by atoms with Crippen LogP contribution in [0.25, 0.3) is 11.0 Å². The second-order valence-corrected chi connectivity index (χ2v) is 9.73. The molecule has 0 bridgehead atoms. The molecule has 2 heterocycles. The van der Waals surface area contributed by atoms with Crippen molar-refractivity contribution in [2.24, 2.45) is 0 Å². The molecule has 2 amide bonds. The van der Waals surface area contributed by atoms with Crippen LogP contribution in [-0.4, -0.2) is 57.3 Å². The average Bonchev–Trinajstić information content (AvgIpc) is 3.11. The lowest BCUT2D eigenvalue weighted by Crippen LogP contribution is -2.51. The Kier molecular flexibility index (Phi) is 7.10. The third-order valence-electron chi connectivity index (χ3n) is 5.95. The Morgan fingerprint density at radius 2 is 1.58 bits per heavy atom. The minimum absolute atomic E-state index is 0.0180. The lowest BCUT2D eigenvalue weighted by atomic mass is 10.1. The molecule has 0 saturated carbocycles. The highest BCUT2D eigenvalue weighted by atomic mass is 35.5. The zero-order chi connectivity index (χ0) is 23.9. The van der Waals surface area contributed by atoms with Crippen molar-refractivity contribution in [1.29, 1.82) is 0 Å². The molecule has 4 rings (SSSR count). The molecule has 174 valence electrons. The second-order valence-electron chi connectivity index (χ2n) is 8.07. The van der Waals surface area contributed by atoms with Crippen molar-refractivity contribution < 1.29 is 9.59 Å². The first kappa shape index (κ1) is 24.1. The van der Waals surface area contributed by atoms with Crippen LogP contribution in [0.5, 0.6) is 0 Å². The van der Waals surface area contributed by atoms with Crippen LogP contribution in [0, 0.1) is 0 Å². The fourth-order valence-electron chi connectivity index (χ4n) is 4.15. The molecule has 0 N–H and O–H groups in total.